The molecule has 0 atom stereocenters. The van der Waals surface area contributed by atoms with Crippen LogP contribution in [-0.4, -0.2) is 28.1 Å². The zero-order valence-corrected chi connectivity index (χ0v) is 11.4. The highest BCUT2D eigenvalue weighted by molar-refractivity contribution is 5.54. The highest BCUT2D eigenvalue weighted by Crippen LogP contribution is 2.17. The molecule has 2 N–H and O–H groups in total. The fraction of sp³-hybridized carbons (Fsp3) is 0.308. The lowest BCUT2D eigenvalue weighted by molar-refractivity contribution is 0.312. The van der Waals surface area contributed by atoms with Crippen molar-refractivity contribution in [2.75, 3.05) is 23.8 Å². The van der Waals surface area contributed by atoms with Crippen LogP contribution in [0.3, 0.4) is 0 Å². The van der Waals surface area contributed by atoms with Crippen molar-refractivity contribution in [2.45, 2.75) is 13.8 Å². The van der Waals surface area contributed by atoms with Crippen LogP contribution in [0.4, 0.5) is 22.0 Å². The van der Waals surface area contributed by atoms with Crippen molar-refractivity contribution >= 4 is 17.6 Å². The van der Waals surface area contributed by atoms with Crippen LogP contribution in [-0.2, 0) is 0 Å². The number of anilines is 3. The van der Waals surface area contributed by atoms with Crippen LogP contribution in [0.2, 0.25) is 0 Å². The summed E-state index contributed by atoms with van der Waals surface area (Å²) in [6.45, 7) is 4.91. The summed E-state index contributed by atoms with van der Waals surface area (Å²) in [6, 6.07) is 6.27. The molecular formula is C13H16FN5O. The number of ether oxygens (including phenoxy) is 1. The Morgan fingerprint density at radius 2 is 1.95 bits per heavy atom. The molecule has 0 bridgehead atoms. The number of benzene rings is 1. The minimum Gasteiger partial charge on any atom is -0.464 e. The van der Waals surface area contributed by atoms with E-state index in [-0.39, 0.29) is 11.8 Å². The summed E-state index contributed by atoms with van der Waals surface area (Å²) in [5.74, 6) is 0.371. The van der Waals surface area contributed by atoms with Crippen LogP contribution in [0.5, 0.6) is 6.01 Å². The molecule has 7 heteroatoms. The Hall–Kier alpha value is -2.44. The molecule has 0 saturated heterocycles. The zero-order valence-electron chi connectivity index (χ0n) is 11.4. The van der Waals surface area contributed by atoms with E-state index >= 15 is 0 Å². The smallest absolute Gasteiger partial charge is 0.323 e. The lowest BCUT2D eigenvalue weighted by Gasteiger charge is -2.09. The van der Waals surface area contributed by atoms with E-state index in [0.29, 0.717) is 30.7 Å². The molecule has 106 valence electrons. The molecule has 6 nitrogen and oxygen atoms in total. The van der Waals surface area contributed by atoms with Gasteiger partial charge >= 0.3 is 6.01 Å². The van der Waals surface area contributed by atoms with E-state index in [1.165, 1.54) is 12.1 Å². The molecule has 0 amide bonds. The monoisotopic (exact) mass is 277 g/mol. The first-order valence-corrected chi connectivity index (χ1v) is 6.36. The minimum atomic E-state index is -0.332. The average molecular weight is 277 g/mol. The van der Waals surface area contributed by atoms with Crippen LogP contribution in [0.15, 0.2) is 24.3 Å². The minimum absolute atomic E-state index is 0.220. The first-order valence-electron chi connectivity index (χ1n) is 6.36. The maximum atomic E-state index is 13.1. The standard InChI is InChI=1S/C13H16FN5O/c1-3-15-11-17-12(19-13(18-11)20-4-2)16-10-7-5-6-9(14)8-10/h5-8H,3-4H2,1-2H3,(H2,15,16,17,18,19). The predicted octanol–water partition coefficient (Wildman–Crippen LogP) is 2.58. The lowest BCUT2D eigenvalue weighted by Crippen LogP contribution is -2.09. The molecule has 1 heterocycles. The molecule has 1 aromatic carbocycles. The SMILES string of the molecule is CCNc1nc(Nc2cccc(F)c2)nc(OCC)n1. The molecule has 0 radical (unpaired) electrons. The molecule has 20 heavy (non-hydrogen) atoms. The maximum Gasteiger partial charge on any atom is 0.323 e. The van der Waals surface area contributed by atoms with E-state index in [1.807, 2.05) is 13.8 Å². The fourth-order valence-corrected chi connectivity index (χ4v) is 1.54. The fourth-order valence-electron chi connectivity index (χ4n) is 1.54. The Kier molecular flexibility index (Phi) is 4.65. The van der Waals surface area contributed by atoms with Crippen LogP contribution >= 0.6 is 0 Å². The molecule has 0 aliphatic rings. The maximum absolute atomic E-state index is 13.1. The summed E-state index contributed by atoms with van der Waals surface area (Å²) in [5.41, 5.74) is 0.557. The van der Waals surface area contributed by atoms with Gasteiger partial charge in [-0.25, -0.2) is 4.39 Å². The van der Waals surface area contributed by atoms with Crippen molar-refractivity contribution in [1.29, 1.82) is 0 Å². The second-order valence-electron chi connectivity index (χ2n) is 3.86. The van der Waals surface area contributed by atoms with Crippen LogP contribution < -0.4 is 15.4 Å². The predicted molar refractivity (Wildman–Crippen MR) is 74.8 cm³/mol. The summed E-state index contributed by atoms with van der Waals surface area (Å²) in [5, 5.41) is 5.91. The molecular weight excluding hydrogens is 261 g/mol. The quantitative estimate of drug-likeness (QED) is 0.845. The zero-order chi connectivity index (χ0) is 14.4. The third kappa shape index (κ3) is 3.78. The van der Waals surface area contributed by atoms with Crippen molar-refractivity contribution in [3.8, 4) is 6.01 Å². The largest absolute Gasteiger partial charge is 0.464 e. The molecule has 0 spiro atoms. The number of rotatable bonds is 6. The van der Waals surface area contributed by atoms with Crippen molar-refractivity contribution in [1.82, 2.24) is 15.0 Å². The van der Waals surface area contributed by atoms with Crippen molar-refractivity contribution in [3.63, 3.8) is 0 Å². The molecule has 0 fully saturated rings. The number of halogens is 1. The molecule has 0 aliphatic heterocycles. The molecule has 0 unspecified atom stereocenters. The van der Waals surface area contributed by atoms with Crippen molar-refractivity contribution < 1.29 is 9.13 Å². The Labute approximate surface area is 116 Å². The van der Waals surface area contributed by atoms with Gasteiger partial charge in [-0.05, 0) is 32.0 Å². The van der Waals surface area contributed by atoms with E-state index in [2.05, 4.69) is 25.6 Å². The van der Waals surface area contributed by atoms with Gasteiger partial charge in [-0.15, -0.1) is 0 Å². The van der Waals surface area contributed by atoms with Gasteiger partial charge in [0.2, 0.25) is 11.9 Å². The summed E-state index contributed by atoms with van der Waals surface area (Å²) < 4.78 is 18.4. The summed E-state index contributed by atoms with van der Waals surface area (Å²) in [7, 11) is 0. The van der Waals surface area contributed by atoms with Crippen molar-refractivity contribution in [3.05, 3.63) is 30.1 Å². The summed E-state index contributed by atoms with van der Waals surface area (Å²) in [6.07, 6.45) is 0. The molecule has 2 aromatic rings. The van der Waals surface area contributed by atoms with Gasteiger partial charge in [-0.2, -0.15) is 15.0 Å². The number of aromatic nitrogens is 3. The molecule has 0 saturated carbocycles. The summed E-state index contributed by atoms with van der Waals surface area (Å²) >= 11 is 0. The van der Waals surface area contributed by atoms with Crippen LogP contribution in [0.25, 0.3) is 0 Å². The number of hydrogen-bond acceptors (Lipinski definition) is 6. The van der Waals surface area contributed by atoms with Gasteiger partial charge in [0.1, 0.15) is 5.82 Å². The third-order valence-electron chi connectivity index (χ3n) is 2.30. The van der Waals surface area contributed by atoms with Gasteiger partial charge in [0, 0.05) is 12.2 Å². The Balaban J connectivity index is 2.25. The number of nitrogens with one attached hydrogen (secondary N) is 2. The Morgan fingerprint density at radius 1 is 1.15 bits per heavy atom. The normalized spacial score (nSPS) is 10.2. The van der Waals surface area contributed by atoms with Gasteiger partial charge in [0.15, 0.2) is 0 Å². The summed E-state index contributed by atoms with van der Waals surface area (Å²) in [4.78, 5) is 12.4. The van der Waals surface area contributed by atoms with Crippen molar-refractivity contribution in [2.24, 2.45) is 0 Å². The Bertz CT molecular complexity index is 554. The number of hydrogen-bond donors (Lipinski definition) is 2. The second kappa shape index (κ2) is 6.65. The third-order valence-corrected chi connectivity index (χ3v) is 2.30. The van der Waals surface area contributed by atoms with Gasteiger partial charge in [0.25, 0.3) is 0 Å². The lowest BCUT2D eigenvalue weighted by atomic mass is 10.3. The highest BCUT2D eigenvalue weighted by atomic mass is 19.1. The molecule has 0 aliphatic carbocycles. The van der Waals surface area contributed by atoms with Gasteiger partial charge in [-0.1, -0.05) is 6.07 Å². The van der Waals surface area contributed by atoms with E-state index in [0.717, 1.165) is 0 Å². The first kappa shape index (κ1) is 14.0. The highest BCUT2D eigenvalue weighted by Gasteiger charge is 2.07. The first-order chi connectivity index (χ1) is 9.71. The van der Waals surface area contributed by atoms with Crippen LogP contribution in [0, 0.1) is 5.82 Å². The topological polar surface area (TPSA) is 72.0 Å². The molecule has 1 aromatic heterocycles. The molecule has 2 rings (SSSR count). The van der Waals surface area contributed by atoms with E-state index in [9.17, 15) is 4.39 Å². The van der Waals surface area contributed by atoms with Gasteiger partial charge in [-0.3, -0.25) is 0 Å². The number of nitrogens with zero attached hydrogens (tertiary/aromatic N) is 3. The Morgan fingerprint density at radius 3 is 2.65 bits per heavy atom. The van der Waals surface area contributed by atoms with Crippen LogP contribution in [0.1, 0.15) is 13.8 Å². The van der Waals surface area contributed by atoms with Gasteiger partial charge in [0.05, 0.1) is 6.61 Å². The second-order valence-corrected chi connectivity index (χ2v) is 3.86. The van der Waals surface area contributed by atoms with Gasteiger partial charge < -0.3 is 15.4 Å². The van der Waals surface area contributed by atoms with E-state index in [1.54, 1.807) is 12.1 Å². The van der Waals surface area contributed by atoms with E-state index < -0.39 is 0 Å². The average Bonchev–Trinajstić information content (AvgIpc) is 2.39. The van der Waals surface area contributed by atoms with E-state index in [4.69, 9.17) is 4.74 Å².